The summed E-state index contributed by atoms with van der Waals surface area (Å²) in [5, 5.41) is -0.479. The Hall–Kier alpha value is -1.00. The molecule has 0 aromatic heterocycles. The molecule has 1 rings (SSSR count). The fourth-order valence-electron chi connectivity index (χ4n) is 1.60. The smallest absolute Gasteiger partial charge is 0.178 e. The molecule has 0 bridgehead atoms. The van der Waals surface area contributed by atoms with Gasteiger partial charge in [0.25, 0.3) is 0 Å². The first-order chi connectivity index (χ1) is 8.60. The van der Waals surface area contributed by atoms with Gasteiger partial charge in [-0.15, -0.1) is 0 Å². The molecule has 4 heteroatoms. The fourth-order valence-corrected chi connectivity index (χ4v) is 2.66. The Morgan fingerprint density at radius 3 is 2.44 bits per heavy atom. The maximum atomic E-state index is 12.1. The Morgan fingerprint density at radius 2 is 1.94 bits per heavy atom. The van der Waals surface area contributed by atoms with E-state index in [0.717, 1.165) is 6.42 Å². The van der Waals surface area contributed by atoms with E-state index in [1.165, 1.54) is 5.56 Å². The molecule has 2 atom stereocenters. The van der Waals surface area contributed by atoms with Gasteiger partial charge in [0.1, 0.15) is 0 Å². The molecule has 2 unspecified atom stereocenters. The highest BCUT2D eigenvalue weighted by Crippen LogP contribution is 2.11. The van der Waals surface area contributed by atoms with Gasteiger partial charge in [-0.1, -0.05) is 31.2 Å². The maximum Gasteiger partial charge on any atom is 0.178 e. The van der Waals surface area contributed by atoms with Crippen LogP contribution in [0.3, 0.4) is 0 Å². The molecule has 0 saturated carbocycles. The molecule has 1 aromatic rings. The number of Topliss-reactive ketones (excluding diaryl/α,β-unsaturated/α-hetero) is 1. The summed E-state index contributed by atoms with van der Waals surface area (Å²) in [5.74, 6) is 0.336. The zero-order valence-electron chi connectivity index (χ0n) is 11.1. The molecule has 0 fully saturated rings. The largest absolute Gasteiger partial charge is 0.384 e. The molecule has 0 aliphatic heterocycles. The van der Waals surface area contributed by atoms with Crippen molar-refractivity contribution in [2.24, 2.45) is 0 Å². The highest BCUT2D eigenvalue weighted by molar-refractivity contribution is 7.86. The summed E-state index contributed by atoms with van der Waals surface area (Å²) in [6.07, 6.45) is 0.948. The third-order valence-electron chi connectivity index (χ3n) is 2.90. The lowest BCUT2D eigenvalue weighted by Gasteiger charge is -2.10. The topological polar surface area (TPSA) is 43.4 Å². The van der Waals surface area contributed by atoms with Crippen molar-refractivity contribution >= 4 is 16.6 Å². The molecular formula is C14H20O3S. The highest BCUT2D eigenvalue weighted by Gasteiger charge is 2.20. The third-order valence-corrected chi connectivity index (χ3v) is 4.47. The quantitative estimate of drug-likeness (QED) is 0.712. The van der Waals surface area contributed by atoms with E-state index < -0.39 is 16.0 Å². The normalized spacial score (nSPS) is 14.2. The SMILES string of the molecule is CCc1ccc(C(=O)C(C)S(=O)CCOC)cc1. The number of rotatable bonds is 7. The number of carbonyl (C=O) groups is 1. The number of hydrogen-bond donors (Lipinski definition) is 0. The summed E-state index contributed by atoms with van der Waals surface area (Å²) in [4.78, 5) is 12.1. The standard InChI is InChI=1S/C14H20O3S/c1-4-12-5-7-13(8-6-12)14(15)11(2)18(16)10-9-17-3/h5-8,11H,4,9-10H2,1-3H3. The Balaban J connectivity index is 2.70. The Labute approximate surface area is 111 Å². The molecule has 0 saturated heterocycles. The monoisotopic (exact) mass is 268 g/mol. The minimum absolute atomic E-state index is 0.0629. The van der Waals surface area contributed by atoms with Crippen LogP contribution in [0.15, 0.2) is 24.3 Å². The van der Waals surface area contributed by atoms with Gasteiger partial charge in [-0.3, -0.25) is 9.00 Å². The second kappa shape index (κ2) is 7.44. The van der Waals surface area contributed by atoms with Gasteiger partial charge in [0, 0.05) is 29.2 Å². The molecule has 1 aromatic carbocycles. The van der Waals surface area contributed by atoms with E-state index in [2.05, 4.69) is 6.92 Å². The Kier molecular flexibility index (Phi) is 6.22. The van der Waals surface area contributed by atoms with Gasteiger partial charge in [-0.25, -0.2) is 0 Å². The average molecular weight is 268 g/mol. The lowest BCUT2D eigenvalue weighted by atomic mass is 10.1. The van der Waals surface area contributed by atoms with Crippen molar-refractivity contribution in [2.45, 2.75) is 25.5 Å². The van der Waals surface area contributed by atoms with Crippen LogP contribution in [-0.4, -0.2) is 34.7 Å². The van der Waals surface area contributed by atoms with Crippen LogP contribution in [0.1, 0.15) is 29.8 Å². The molecule has 0 spiro atoms. The summed E-state index contributed by atoms with van der Waals surface area (Å²) in [6.45, 7) is 4.19. The van der Waals surface area contributed by atoms with Crippen molar-refractivity contribution in [3.63, 3.8) is 0 Å². The van der Waals surface area contributed by atoms with Crippen LogP contribution < -0.4 is 0 Å². The minimum atomic E-state index is -1.18. The number of carbonyl (C=O) groups excluding carboxylic acids is 1. The summed E-state index contributed by atoms with van der Waals surface area (Å²) in [5.41, 5.74) is 1.82. The van der Waals surface area contributed by atoms with Crippen molar-refractivity contribution in [1.29, 1.82) is 0 Å². The van der Waals surface area contributed by atoms with Gasteiger partial charge in [0.2, 0.25) is 0 Å². The maximum absolute atomic E-state index is 12.1. The summed E-state index contributed by atoms with van der Waals surface area (Å²) in [6, 6.07) is 7.51. The lowest BCUT2D eigenvalue weighted by Crippen LogP contribution is -2.25. The van der Waals surface area contributed by atoms with Crippen molar-refractivity contribution in [1.82, 2.24) is 0 Å². The number of aryl methyl sites for hydroxylation is 1. The number of ether oxygens (including phenoxy) is 1. The first-order valence-corrected chi connectivity index (χ1v) is 7.47. The molecule has 100 valence electrons. The van der Waals surface area contributed by atoms with Crippen molar-refractivity contribution < 1.29 is 13.7 Å². The van der Waals surface area contributed by atoms with Crippen LogP contribution >= 0.6 is 0 Å². The Morgan fingerprint density at radius 1 is 1.33 bits per heavy atom. The van der Waals surface area contributed by atoms with Gasteiger partial charge in [-0.05, 0) is 18.9 Å². The summed E-state index contributed by atoms with van der Waals surface area (Å²) < 4.78 is 16.7. The zero-order chi connectivity index (χ0) is 13.5. The number of benzene rings is 1. The van der Waals surface area contributed by atoms with E-state index in [9.17, 15) is 9.00 Å². The molecule has 0 aliphatic rings. The zero-order valence-corrected chi connectivity index (χ0v) is 12.0. The van der Waals surface area contributed by atoms with Crippen LogP contribution in [0.25, 0.3) is 0 Å². The molecule has 0 aliphatic carbocycles. The van der Waals surface area contributed by atoms with Crippen LogP contribution in [0.5, 0.6) is 0 Å². The lowest BCUT2D eigenvalue weighted by molar-refractivity contribution is 0.0992. The van der Waals surface area contributed by atoms with Crippen LogP contribution in [0.2, 0.25) is 0 Å². The highest BCUT2D eigenvalue weighted by atomic mass is 32.2. The molecule has 3 nitrogen and oxygen atoms in total. The van der Waals surface area contributed by atoms with E-state index >= 15 is 0 Å². The fraction of sp³-hybridized carbons (Fsp3) is 0.500. The predicted octanol–water partition coefficient (Wildman–Crippen LogP) is 2.22. The number of ketones is 1. The first-order valence-electron chi connectivity index (χ1n) is 6.09. The Bertz CT molecular complexity index is 412. The van der Waals surface area contributed by atoms with Crippen molar-refractivity contribution in [3.8, 4) is 0 Å². The molecule has 0 N–H and O–H groups in total. The molecule has 0 amide bonds. The third kappa shape index (κ3) is 4.03. The minimum Gasteiger partial charge on any atom is -0.384 e. The number of hydrogen-bond acceptors (Lipinski definition) is 3. The van der Waals surface area contributed by atoms with Gasteiger partial charge >= 0.3 is 0 Å². The van der Waals surface area contributed by atoms with Crippen LogP contribution in [-0.2, 0) is 22.0 Å². The molecule has 18 heavy (non-hydrogen) atoms. The summed E-state index contributed by atoms with van der Waals surface area (Å²) >= 11 is 0. The molecular weight excluding hydrogens is 248 g/mol. The molecule has 0 radical (unpaired) electrons. The van der Waals surface area contributed by atoms with Gasteiger partial charge in [-0.2, -0.15) is 0 Å². The number of methoxy groups -OCH3 is 1. The van der Waals surface area contributed by atoms with Crippen molar-refractivity contribution in [2.75, 3.05) is 19.5 Å². The van der Waals surface area contributed by atoms with E-state index in [4.69, 9.17) is 4.74 Å². The van der Waals surface area contributed by atoms with Gasteiger partial charge in [0.15, 0.2) is 5.78 Å². The van der Waals surface area contributed by atoms with Gasteiger partial charge < -0.3 is 4.74 Å². The average Bonchev–Trinajstić information content (AvgIpc) is 2.43. The molecule has 0 heterocycles. The first kappa shape index (κ1) is 15.1. The predicted molar refractivity (Wildman–Crippen MR) is 74.5 cm³/mol. The summed E-state index contributed by atoms with van der Waals surface area (Å²) in [7, 11) is 0.386. The van der Waals surface area contributed by atoms with E-state index in [0.29, 0.717) is 17.9 Å². The second-order valence-corrected chi connectivity index (χ2v) is 6.01. The van der Waals surface area contributed by atoms with Gasteiger partial charge in [0.05, 0.1) is 11.9 Å². The van der Waals surface area contributed by atoms with Crippen LogP contribution in [0.4, 0.5) is 0 Å². The van der Waals surface area contributed by atoms with Crippen LogP contribution in [0, 0.1) is 0 Å². The van der Waals surface area contributed by atoms with E-state index in [1.54, 1.807) is 14.0 Å². The second-order valence-electron chi connectivity index (χ2n) is 4.13. The van der Waals surface area contributed by atoms with E-state index in [-0.39, 0.29) is 5.78 Å². The van der Waals surface area contributed by atoms with E-state index in [1.807, 2.05) is 24.3 Å². The van der Waals surface area contributed by atoms with Crippen molar-refractivity contribution in [3.05, 3.63) is 35.4 Å².